The average Bonchev–Trinajstić information content (AvgIpc) is 2.35. The fraction of sp³-hybridized carbons (Fsp3) is 0.500. The molecule has 17 heavy (non-hydrogen) atoms. The fourth-order valence-electron chi connectivity index (χ4n) is 1.67. The van der Waals surface area contributed by atoms with E-state index >= 15 is 0 Å². The maximum atomic E-state index is 11.6. The quantitative estimate of drug-likeness (QED) is 0.762. The van der Waals surface area contributed by atoms with Crippen LogP contribution in [0.15, 0.2) is 30.3 Å². The number of para-hydroxylation sites is 1. The van der Waals surface area contributed by atoms with Crippen molar-refractivity contribution in [2.75, 3.05) is 5.32 Å². The highest BCUT2D eigenvalue weighted by Gasteiger charge is 2.06. The van der Waals surface area contributed by atoms with Crippen LogP contribution in [0, 0.1) is 0 Å². The first kappa shape index (κ1) is 13.7. The highest BCUT2D eigenvalue weighted by molar-refractivity contribution is 5.90. The number of nitrogens with one attached hydrogen (secondary N) is 1. The third-order valence-electron chi connectivity index (χ3n) is 2.73. The molecule has 0 aliphatic rings. The molecule has 3 heteroatoms. The number of anilines is 1. The summed E-state index contributed by atoms with van der Waals surface area (Å²) in [5, 5.41) is 2.86. The fourth-order valence-corrected chi connectivity index (χ4v) is 1.67. The van der Waals surface area contributed by atoms with Crippen molar-refractivity contribution in [2.24, 2.45) is 5.73 Å². The van der Waals surface area contributed by atoms with Gasteiger partial charge in [-0.3, -0.25) is 4.79 Å². The summed E-state index contributed by atoms with van der Waals surface area (Å²) in [6, 6.07) is 9.65. The van der Waals surface area contributed by atoms with Gasteiger partial charge in [0.2, 0.25) is 5.91 Å². The van der Waals surface area contributed by atoms with Gasteiger partial charge in [0, 0.05) is 18.2 Å². The smallest absolute Gasteiger partial charge is 0.224 e. The van der Waals surface area contributed by atoms with Crippen LogP contribution < -0.4 is 11.1 Å². The number of rotatable bonds is 7. The Hall–Kier alpha value is -1.35. The normalized spacial score (nSPS) is 12.1. The number of benzene rings is 1. The molecule has 3 nitrogen and oxygen atoms in total. The van der Waals surface area contributed by atoms with Gasteiger partial charge >= 0.3 is 0 Å². The van der Waals surface area contributed by atoms with Crippen molar-refractivity contribution in [3.63, 3.8) is 0 Å². The van der Waals surface area contributed by atoms with E-state index in [0.717, 1.165) is 31.4 Å². The van der Waals surface area contributed by atoms with Gasteiger partial charge in [-0.25, -0.2) is 0 Å². The lowest BCUT2D eigenvalue weighted by Gasteiger charge is -2.10. The maximum Gasteiger partial charge on any atom is 0.224 e. The van der Waals surface area contributed by atoms with E-state index in [-0.39, 0.29) is 11.9 Å². The number of nitrogens with two attached hydrogens (primary N) is 1. The van der Waals surface area contributed by atoms with E-state index in [0.29, 0.717) is 6.42 Å². The first-order chi connectivity index (χ1) is 8.22. The Morgan fingerprint density at radius 2 is 2.00 bits per heavy atom. The van der Waals surface area contributed by atoms with Gasteiger partial charge in [0.05, 0.1) is 0 Å². The minimum Gasteiger partial charge on any atom is -0.328 e. The Bertz CT molecular complexity index is 324. The van der Waals surface area contributed by atoms with Crippen molar-refractivity contribution in [3.05, 3.63) is 30.3 Å². The molecule has 0 aliphatic carbocycles. The van der Waals surface area contributed by atoms with Crippen molar-refractivity contribution < 1.29 is 4.79 Å². The van der Waals surface area contributed by atoms with Gasteiger partial charge in [0.25, 0.3) is 0 Å². The van der Waals surface area contributed by atoms with Gasteiger partial charge in [-0.2, -0.15) is 0 Å². The molecule has 0 fully saturated rings. The minimum atomic E-state index is 0.0446. The highest BCUT2D eigenvalue weighted by Crippen LogP contribution is 2.08. The Morgan fingerprint density at radius 3 is 2.65 bits per heavy atom. The van der Waals surface area contributed by atoms with Crippen LogP contribution in [-0.2, 0) is 4.79 Å². The molecule has 0 aromatic heterocycles. The molecule has 1 amide bonds. The second kappa shape index (κ2) is 7.85. The van der Waals surface area contributed by atoms with Crippen molar-refractivity contribution in [2.45, 2.75) is 45.1 Å². The summed E-state index contributed by atoms with van der Waals surface area (Å²) < 4.78 is 0. The number of hydrogen-bond acceptors (Lipinski definition) is 2. The van der Waals surface area contributed by atoms with Crippen LogP contribution in [0.5, 0.6) is 0 Å². The van der Waals surface area contributed by atoms with Crippen molar-refractivity contribution in [1.29, 1.82) is 0 Å². The molecular weight excluding hydrogens is 212 g/mol. The zero-order valence-corrected chi connectivity index (χ0v) is 10.5. The van der Waals surface area contributed by atoms with Crippen LogP contribution in [0.4, 0.5) is 5.69 Å². The zero-order valence-electron chi connectivity index (χ0n) is 10.5. The predicted octanol–water partition coefficient (Wildman–Crippen LogP) is 2.92. The number of amides is 1. The molecule has 0 saturated carbocycles. The van der Waals surface area contributed by atoms with Crippen molar-refractivity contribution in [1.82, 2.24) is 0 Å². The van der Waals surface area contributed by atoms with Crippen LogP contribution in [0.1, 0.15) is 39.0 Å². The molecule has 1 aromatic carbocycles. The summed E-state index contributed by atoms with van der Waals surface area (Å²) in [5.74, 6) is 0.0446. The van der Waals surface area contributed by atoms with Gasteiger partial charge in [-0.15, -0.1) is 0 Å². The van der Waals surface area contributed by atoms with Crippen LogP contribution >= 0.6 is 0 Å². The van der Waals surface area contributed by atoms with E-state index in [1.54, 1.807) is 0 Å². The molecule has 0 bridgehead atoms. The second-order valence-corrected chi connectivity index (χ2v) is 4.36. The van der Waals surface area contributed by atoms with E-state index in [1.165, 1.54) is 0 Å². The Kier molecular flexibility index (Phi) is 6.33. The minimum absolute atomic E-state index is 0.0446. The SMILES string of the molecule is CCCCC(N)CCC(=O)Nc1ccccc1. The van der Waals surface area contributed by atoms with E-state index in [4.69, 9.17) is 5.73 Å². The topological polar surface area (TPSA) is 55.1 Å². The summed E-state index contributed by atoms with van der Waals surface area (Å²) in [4.78, 5) is 11.6. The molecular formula is C14H22N2O. The summed E-state index contributed by atoms with van der Waals surface area (Å²) in [6.07, 6.45) is 4.57. The van der Waals surface area contributed by atoms with E-state index in [9.17, 15) is 4.79 Å². The van der Waals surface area contributed by atoms with Crippen LogP contribution in [-0.4, -0.2) is 11.9 Å². The van der Waals surface area contributed by atoms with Gasteiger partial charge in [-0.05, 0) is 25.0 Å². The number of carbonyl (C=O) groups is 1. The molecule has 3 N–H and O–H groups in total. The standard InChI is InChI=1S/C14H22N2O/c1-2-3-7-12(15)10-11-14(17)16-13-8-5-4-6-9-13/h4-6,8-9,12H,2-3,7,10-11,15H2,1H3,(H,16,17). The van der Waals surface area contributed by atoms with E-state index in [1.807, 2.05) is 30.3 Å². The molecule has 0 aliphatic heterocycles. The third kappa shape index (κ3) is 6.07. The van der Waals surface area contributed by atoms with E-state index < -0.39 is 0 Å². The number of carbonyl (C=O) groups excluding carboxylic acids is 1. The van der Waals surface area contributed by atoms with Gasteiger partial charge < -0.3 is 11.1 Å². The molecule has 0 spiro atoms. The zero-order chi connectivity index (χ0) is 12.5. The summed E-state index contributed by atoms with van der Waals surface area (Å²) in [6.45, 7) is 2.15. The van der Waals surface area contributed by atoms with Gasteiger partial charge in [0.15, 0.2) is 0 Å². The lowest BCUT2D eigenvalue weighted by molar-refractivity contribution is -0.116. The molecule has 0 heterocycles. The molecule has 0 radical (unpaired) electrons. The molecule has 94 valence electrons. The molecule has 1 aromatic rings. The summed E-state index contributed by atoms with van der Waals surface area (Å²) in [5.41, 5.74) is 6.77. The van der Waals surface area contributed by atoms with Crippen LogP contribution in [0.2, 0.25) is 0 Å². The summed E-state index contributed by atoms with van der Waals surface area (Å²) >= 11 is 0. The van der Waals surface area contributed by atoms with Gasteiger partial charge in [-0.1, -0.05) is 38.0 Å². The third-order valence-corrected chi connectivity index (χ3v) is 2.73. The number of hydrogen-bond donors (Lipinski definition) is 2. The Morgan fingerprint density at radius 1 is 1.29 bits per heavy atom. The molecule has 1 atom stereocenters. The monoisotopic (exact) mass is 234 g/mol. The highest BCUT2D eigenvalue weighted by atomic mass is 16.1. The summed E-state index contributed by atoms with van der Waals surface area (Å²) in [7, 11) is 0. The average molecular weight is 234 g/mol. The lowest BCUT2D eigenvalue weighted by atomic mass is 10.1. The Labute approximate surface area is 103 Å². The van der Waals surface area contributed by atoms with Crippen molar-refractivity contribution >= 4 is 11.6 Å². The van der Waals surface area contributed by atoms with Gasteiger partial charge in [0.1, 0.15) is 0 Å². The maximum absolute atomic E-state index is 11.6. The molecule has 1 rings (SSSR count). The van der Waals surface area contributed by atoms with Crippen molar-refractivity contribution in [3.8, 4) is 0 Å². The molecule has 1 unspecified atom stereocenters. The predicted molar refractivity (Wildman–Crippen MR) is 71.8 cm³/mol. The first-order valence-corrected chi connectivity index (χ1v) is 6.33. The lowest BCUT2D eigenvalue weighted by Crippen LogP contribution is -2.22. The van der Waals surface area contributed by atoms with E-state index in [2.05, 4.69) is 12.2 Å². The first-order valence-electron chi connectivity index (χ1n) is 6.33. The van der Waals surface area contributed by atoms with Crippen LogP contribution in [0.3, 0.4) is 0 Å². The second-order valence-electron chi connectivity index (χ2n) is 4.36. The molecule has 0 saturated heterocycles. The largest absolute Gasteiger partial charge is 0.328 e. The number of unbranched alkanes of at least 4 members (excludes halogenated alkanes) is 1. The van der Waals surface area contributed by atoms with Crippen LogP contribution in [0.25, 0.3) is 0 Å². The Balaban J connectivity index is 2.21.